The molecule has 3 rings (SSSR count). The zero-order valence-corrected chi connectivity index (χ0v) is 19.6. The van der Waals surface area contributed by atoms with Gasteiger partial charge in [-0.05, 0) is 61.0 Å². The molecule has 0 fully saturated rings. The zero-order chi connectivity index (χ0) is 23.8. The summed E-state index contributed by atoms with van der Waals surface area (Å²) in [6.07, 6.45) is 3.00. The van der Waals surface area contributed by atoms with Gasteiger partial charge in [0.05, 0.1) is 24.4 Å². The fourth-order valence-electron chi connectivity index (χ4n) is 2.91. The lowest BCUT2D eigenvalue weighted by Gasteiger charge is -2.14. The van der Waals surface area contributed by atoms with E-state index < -0.39 is 15.9 Å². The molecule has 7 nitrogen and oxygen atoms in total. The first-order valence-electron chi connectivity index (χ1n) is 9.99. The molecule has 172 valence electrons. The maximum Gasteiger partial charge on any atom is 0.265 e. The Balaban J connectivity index is 1.77. The fraction of sp³-hybridized carbons (Fsp3) is 0.125. The minimum Gasteiger partial charge on any atom is -0.495 e. The van der Waals surface area contributed by atoms with Gasteiger partial charge in [0.2, 0.25) is 5.91 Å². The molecular weight excluding hydrogens is 464 g/mol. The molecule has 0 aromatic heterocycles. The third-order valence-corrected chi connectivity index (χ3v) is 6.17. The average Bonchev–Trinajstić information content (AvgIpc) is 2.80. The molecule has 0 spiro atoms. The van der Waals surface area contributed by atoms with Crippen LogP contribution in [-0.2, 0) is 14.8 Å². The predicted octanol–water partition coefficient (Wildman–Crippen LogP) is 5.20. The maximum atomic E-state index is 13.0. The van der Waals surface area contributed by atoms with Gasteiger partial charge in [-0.25, -0.2) is 8.42 Å². The highest BCUT2D eigenvalue weighted by atomic mass is 35.5. The molecule has 3 aromatic carbocycles. The number of carbonyl (C=O) groups excluding carboxylic acids is 1. The number of anilines is 2. The van der Waals surface area contributed by atoms with Crippen LogP contribution in [0, 0.1) is 0 Å². The number of methoxy groups -OCH3 is 1. The molecule has 0 unspecified atom stereocenters. The summed E-state index contributed by atoms with van der Waals surface area (Å²) in [4.78, 5) is 12.2. The van der Waals surface area contributed by atoms with Crippen LogP contribution in [0.2, 0.25) is 5.02 Å². The van der Waals surface area contributed by atoms with Crippen molar-refractivity contribution >= 4 is 45.0 Å². The number of halogens is 1. The van der Waals surface area contributed by atoms with E-state index in [4.69, 9.17) is 21.1 Å². The number of nitrogens with one attached hydrogen (secondary N) is 2. The second-order valence-corrected chi connectivity index (χ2v) is 8.83. The van der Waals surface area contributed by atoms with Crippen LogP contribution in [0.1, 0.15) is 12.5 Å². The number of amides is 1. The van der Waals surface area contributed by atoms with Gasteiger partial charge in [0.1, 0.15) is 16.4 Å². The SMILES string of the molecule is CCOc1ccc(/C=C/C(=O)Nc2ccc(OC)c(S(=O)(=O)Nc3ccccc3Cl)c2)cc1. The van der Waals surface area contributed by atoms with E-state index in [2.05, 4.69) is 10.0 Å². The van der Waals surface area contributed by atoms with Crippen molar-refractivity contribution in [2.75, 3.05) is 23.8 Å². The van der Waals surface area contributed by atoms with E-state index in [9.17, 15) is 13.2 Å². The summed E-state index contributed by atoms with van der Waals surface area (Å²) in [6.45, 7) is 2.48. The number of benzene rings is 3. The van der Waals surface area contributed by atoms with Crippen LogP contribution in [-0.4, -0.2) is 28.0 Å². The normalized spacial score (nSPS) is 11.2. The van der Waals surface area contributed by atoms with Crippen LogP contribution in [0.4, 0.5) is 11.4 Å². The van der Waals surface area contributed by atoms with E-state index in [1.54, 1.807) is 36.4 Å². The Morgan fingerprint density at radius 2 is 1.79 bits per heavy atom. The molecule has 0 saturated carbocycles. The number of para-hydroxylation sites is 1. The molecule has 0 radical (unpaired) electrons. The summed E-state index contributed by atoms with van der Waals surface area (Å²) in [6, 6.07) is 18.1. The van der Waals surface area contributed by atoms with Crippen molar-refractivity contribution in [1.82, 2.24) is 0 Å². The zero-order valence-electron chi connectivity index (χ0n) is 18.0. The Kier molecular flexibility index (Phi) is 7.97. The summed E-state index contributed by atoms with van der Waals surface area (Å²) in [5.41, 5.74) is 1.33. The molecule has 9 heteroatoms. The lowest BCUT2D eigenvalue weighted by molar-refractivity contribution is -0.111. The van der Waals surface area contributed by atoms with E-state index >= 15 is 0 Å². The molecule has 0 aliphatic rings. The molecule has 0 aliphatic heterocycles. The van der Waals surface area contributed by atoms with Gasteiger partial charge in [0, 0.05) is 11.8 Å². The quantitative estimate of drug-likeness (QED) is 0.405. The summed E-state index contributed by atoms with van der Waals surface area (Å²) < 4.78 is 39.0. The van der Waals surface area contributed by atoms with Crippen molar-refractivity contribution < 1.29 is 22.7 Å². The van der Waals surface area contributed by atoms with E-state index in [1.807, 2.05) is 31.2 Å². The van der Waals surface area contributed by atoms with Gasteiger partial charge in [-0.2, -0.15) is 0 Å². The van der Waals surface area contributed by atoms with Gasteiger partial charge < -0.3 is 14.8 Å². The summed E-state index contributed by atoms with van der Waals surface area (Å²) >= 11 is 6.07. The van der Waals surface area contributed by atoms with Crippen LogP contribution in [0.15, 0.2) is 77.7 Å². The number of ether oxygens (including phenoxy) is 2. The first-order chi connectivity index (χ1) is 15.8. The number of hydrogen-bond donors (Lipinski definition) is 2. The highest BCUT2D eigenvalue weighted by molar-refractivity contribution is 7.92. The molecule has 0 bridgehead atoms. The van der Waals surface area contributed by atoms with Crippen molar-refractivity contribution in [2.24, 2.45) is 0 Å². The van der Waals surface area contributed by atoms with Crippen LogP contribution >= 0.6 is 11.6 Å². The first-order valence-corrected chi connectivity index (χ1v) is 11.9. The van der Waals surface area contributed by atoms with E-state index in [0.717, 1.165) is 11.3 Å². The Morgan fingerprint density at radius 1 is 1.06 bits per heavy atom. The van der Waals surface area contributed by atoms with Crippen LogP contribution in [0.5, 0.6) is 11.5 Å². The van der Waals surface area contributed by atoms with Crippen LogP contribution < -0.4 is 19.5 Å². The topological polar surface area (TPSA) is 93.7 Å². The number of sulfonamides is 1. The van der Waals surface area contributed by atoms with Gasteiger partial charge in [-0.1, -0.05) is 35.9 Å². The smallest absolute Gasteiger partial charge is 0.265 e. The Labute approximate surface area is 198 Å². The minimum atomic E-state index is -4.04. The summed E-state index contributed by atoms with van der Waals surface area (Å²) in [7, 11) is -2.68. The molecule has 0 saturated heterocycles. The Morgan fingerprint density at radius 3 is 2.45 bits per heavy atom. The highest BCUT2D eigenvalue weighted by Crippen LogP contribution is 2.30. The van der Waals surface area contributed by atoms with Crippen molar-refractivity contribution in [2.45, 2.75) is 11.8 Å². The van der Waals surface area contributed by atoms with Crippen LogP contribution in [0.3, 0.4) is 0 Å². The minimum absolute atomic E-state index is 0.123. The average molecular weight is 487 g/mol. The summed E-state index contributed by atoms with van der Waals surface area (Å²) in [5.74, 6) is 0.449. The fourth-order valence-corrected chi connectivity index (χ4v) is 4.42. The van der Waals surface area contributed by atoms with Gasteiger partial charge in [-0.15, -0.1) is 0 Å². The lowest BCUT2D eigenvalue weighted by atomic mass is 10.2. The van der Waals surface area contributed by atoms with Gasteiger partial charge >= 0.3 is 0 Å². The predicted molar refractivity (Wildman–Crippen MR) is 131 cm³/mol. The second-order valence-electron chi connectivity index (χ2n) is 6.78. The van der Waals surface area contributed by atoms with Gasteiger partial charge in [-0.3, -0.25) is 9.52 Å². The van der Waals surface area contributed by atoms with E-state index in [0.29, 0.717) is 6.61 Å². The van der Waals surface area contributed by atoms with E-state index in [-0.39, 0.29) is 27.0 Å². The molecule has 0 heterocycles. The third kappa shape index (κ3) is 6.50. The number of rotatable bonds is 9. The van der Waals surface area contributed by atoms with Crippen LogP contribution in [0.25, 0.3) is 6.08 Å². The first kappa shape index (κ1) is 24.2. The van der Waals surface area contributed by atoms with Crippen molar-refractivity contribution in [1.29, 1.82) is 0 Å². The molecule has 3 aromatic rings. The molecule has 0 atom stereocenters. The molecule has 0 aliphatic carbocycles. The van der Waals surface area contributed by atoms with Crippen molar-refractivity contribution in [3.63, 3.8) is 0 Å². The molecule has 33 heavy (non-hydrogen) atoms. The van der Waals surface area contributed by atoms with Crippen molar-refractivity contribution in [3.05, 3.63) is 83.4 Å². The van der Waals surface area contributed by atoms with Crippen molar-refractivity contribution in [3.8, 4) is 11.5 Å². The van der Waals surface area contributed by atoms with Gasteiger partial charge in [0.15, 0.2) is 0 Å². The second kappa shape index (κ2) is 10.9. The maximum absolute atomic E-state index is 13.0. The molecule has 1 amide bonds. The number of carbonyl (C=O) groups is 1. The standard InChI is InChI=1S/C24H23ClN2O5S/c1-3-32-19-12-8-17(9-13-19)10-15-24(28)26-18-11-14-22(31-2)23(16-18)33(29,30)27-21-7-5-4-6-20(21)25/h4-16,27H,3H2,1-2H3,(H,26,28)/b15-10+. The third-order valence-electron chi connectivity index (χ3n) is 4.46. The van der Waals surface area contributed by atoms with Gasteiger partial charge in [0.25, 0.3) is 10.0 Å². The lowest BCUT2D eigenvalue weighted by Crippen LogP contribution is -2.15. The Hall–Kier alpha value is -3.49. The molecular formula is C24H23ClN2O5S. The van der Waals surface area contributed by atoms with E-state index in [1.165, 1.54) is 25.3 Å². The Bertz CT molecular complexity index is 1260. The highest BCUT2D eigenvalue weighted by Gasteiger charge is 2.21. The largest absolute Gasteiger partial charge is 0.495 e. The molecule has 2 N–H and O–H groups in total. The summed E-state index contributed by atoms with van der Waals surface area (Å²) in [5, 5.41) is 2.91. The monoisotopic (exact) mass is 486 g/mol. The number of hydrogen-bond acceptors (Lipinski definition) is 5.